The van der Waals surface area contributed by atoms with E-state index in [1.54, 1.807) is 17.0 Å². The van der Waals surface area contributed by atoms with Crippen LogP contribution in [0.5, 0.6) is 5.88 Å². The van der Waals surface area contributed by atoms with Crippen LogP contribution in [0.25, 0.3) is 11.3 Å². The Kier molecular flexibility index (Phi) is 7.64. The summed E-state index contributed by atoms with van der Waals surface area (Å²) in [5, 5.41) is 2.94. The topological polar surface area (TPSA) is 90.0 Å². The molecule has 0 unspecified atom stereocenters. The van der Waals surface area contributed by atoms with Gasteiger partial charge in [0.15, 0.2) is 0 Å². The molecule has 2 atom stereocenters. The van der Waals surface area contributed by atoms with E-state index in [0.717, 1.165) is 11.1 Å². The monoisotopic (exact) mass is 561 g/mol. The lowest BCUT2D eigenvalue weighted by molar-refractivity contribution is 0.0252. The number of carbonyl (C=O) groups is 2. The van der Waals surface area contributed by atoms with Crippen LogP contribution in [-0.4, -0.2) is 46.9 Å². The molecule has 0 radical (unpaired) electrons. The average molecular weight is 562 g/mol. The van der Waals surface area contributed by atoms with Gasteiger partial charge in [-0.3, -0.25) is 0 Å². The van der Waals surface area contributed by atoms with Crippen molar-refractivity contribution < 1.29 is 28.2 Å². The number of ether oxygens (including phenoxy) is 3. The van der Waals surface area contributed by atoms with Crippen LogP contribution in [0.4, 0.5) is 14.0 Å². The number of amides is 2. The van der Waals surface area contributed by atoms with Crippen LogP contribution in [0.1, 0.15) is 45.7 Å². The van der Waals surface area contributed by atoms with Gasteiger partial charge in [-0.2, -0.15) is 0 Å². The third kappa shape index (κ3) is 6.96. The number of rotatable bonds is 7. The molecule has 2 fully saturated rings. The van der Waals surface area contributed by atoms with Crippen molar-refractivity contribution in [2.24, 2.45) is 11.8 Å². The van der Waals surface area contributed by atoms with Crippen LogP contribution in [0.3, 0.4) is 0 Å². The second-order valence-electron chi connectivity index (χ2n) is 12.2. The molecule has 0 spiro atoms. The maximum Gasteiger partial charge on any atom is 0.410 e. The summed E-state index contributed by atoms with van der Waals surface area (Å²) in [6.07, 6.45) is -0.945. The Labute approximate surface area is 239 Å². The lowest BCUT2D eigenvalue weighted by atomic mass is 9.93. The van der Waals surface area contributed by atoms with Gasteiger partial charge in [-0.05, 0) is 76.1 Å². The maximum absolute atomic E-state index is 13.6. The van der Waals surface area contributed by atoms with Gasteiger partial charge in [-0.25, -0.2) is 19.0 Å². The van der Waals surface area contributed by atoms with Crippen molar-refractivity contribution >= 4 is 12.2 Å². The van der Waals surface area contributed by atoms with Crippen molar-refractivity contribution in [3.63, 3.8) is 0 Å². The summed E-state index contributed by atoms with van der Waals surface area (Å²) < 4.78 is 30.9. The van der Waals surface area contributed by atoms with Crippen LogP contribution >= 0.6 is 0 Å². The molecule has 1 aliphatic carbocycles. The number of likely N-dealkylation sites (tertiary alicyclic amines) is 1. The van der Waals surface area contributed by atoms with E-state index in [0.29, 0.717) is 30.2 Å². The third-order valence-corrected chi connectivity index (χ3v) is 7.31. The summed E-state index contributed by atoms with van der Waals surface area (Å²) in [5.41, 5.74) is 1.56. The Morgan fingerprint density at radius 3 is 2.27 bits per heavy atom. The normalized spacial score (nSPS) is 19.8. The van der Waals surface area contributed by atoms with E-state index in [4.69, 9.17) is 19.2 Å². The number of alkyl carbamates (subject to hydrolysis) is 1. The summed E-state index contributed by atoms with van der Waals surface area (Å²) in [5.74, 6) is 0.449. The van der Waals surface area contributed by atoms with E-state index in [1.807, 2.05) is 77.1 Å². The SMILES string of the molecule is CC(C)(C)OC(=O)N1C[C@H]2C(Oc3cc(C(C)(C)NC(=O)OCc4ccccc4)cc(-c4ccc(F)cc4)n3)[C@@H]2C1. The van der Waals surface area contributed by atoms with Crippen molar-refractivity contribution in [3.05, 3.63) is 83.7 Å². The van der Waals surface area contributed by atoms with Gasteiger partial charge in [0.05, 0.1) is 11.2 Å². The minimum absolute atomic E-state index is 0.0792. The number of hydrogen-bond donors (Lipinski definition) is 1. The third-order valence-electron chi connectivity index (χ3n) is 7.31. The highest BCUT2D eigenvalue weighted by Gasteiger charge is 2.59. The summed E-state index contributed by atoms with van der Waals surface area (Å²) in [4.78, 5) is 31.6. The van der Waals surface area contributed by atoms with E-state index >= 15 is 0 Å². The molecule has 216 valence electrons. The molecule has 1 aliphatic heterocycles. The molecule has 1 N–H and O–H groups in total. The fraction of sp³-hybridized carbons (Fsp3) is 0.406. The molecule has 3 aromatic rings. The summed E-state index contributed by atoms with van der Waals surface area (Å²) in [6, 6.07) is 19.2. The van der Waals surface area contributed by atoms with Gasteiger partial charge < -0.3 is 24.4 Å². The van der Waals surface area contributed by atoms with Crippen molar-refractivity contribution in [3.8, 4) is 17.1 Å². The summed E-state index contributed by atoms with van der Waals surface area (Å²) >= 11 is 0. The Morgan fingerprint density at radius 2 is 1.63 bits per heavy atom. The zero-order chi connectivity index (χ0) is 29.4. The molecule has 5 rings (SSSR count). The van der Waals surface area contributed by atoms with Crippen LogP contribution in [-0.2, 0) is 21.6 Å². The molecule has 1 saturated carbocycles. The number of hydrogen-bond acceptors (Lipinski definition) is 6. The van der Waals surface area contributed by atoms with Crippen LogP contribution in [0, 0.1) is 17.7 Å². The van der Waals surface area contributed by atoms with Crippen molar-refractivity contribution in [1.82, 2.24) is 15.2 Å². The molecular formula is C32H36FN3O5. The highest BCUT2D eigenvalue weighted by atomic mass is 19.1. The predicted molar refractivity (Wildman–Crippen MR) is 152 cm³/mol. The number of nitrogens with zero attached hydrogens (tertiary/aromatic N) is 2. The Morgan fingerprint density at radius 1 is 0.976 bits per heavy atom. The molecule has 8 nitrogen and oxygen atoms in total. The number of nitrogens with one attached hydrogen (secondary N) is 1. The quantitative estimate of drug-likeness (QED) is 0.365. The van der Waals surface area contributed by atoms with Crippen LogP contribution < -0.4 is 10.1 Å². The number of piperidine rings is 1. The standard InChI is InChI=1S/C32H36FN3O5/c1-31(2,3)41-30(38)36-17-24-25(18-36)28(24)40-27-16-22(15-26(34-27)21-11-13-23(33)14-12-21)32(4,5)35-29(37)39-19-20-9-7-6-8-10-20/h6-16,24-25,28H,17-19H2,1-5H3,(H,35,37)/t24-,25-/m1/s1. The molecule has 2 aliphatic rings. The fourth-order valence-corrected chi connectivity index (χ4v) is 5.04. The van der Waals surface area contributed by atoms with Gasteiger partial charge in [0.2, 0.25) is 5.88 Å². The number of pyridine rings is 1. The van der Waals surface area contributed by atoms with Gasteiger partial charge in [-0.15, -0.1) is 0 Å². The molecule has 0 bridgehead atoms. The number of fused-ring (bicyclic) bond motifs is 1. The lowest BCUT2D eigenvalue weighted by Crippen LogP contribution is -2.41. The van der Waals surface area contributed by atoms with Crippen LogP contribution in [0.2, 0.25) is 0 Å². The first-order valence-electron chi connectivity index (χ1n) is 13.8. The summed E-state index contributed by atoms with van der Waals surface area (Å²) in [7, 11) is 0. The Balaban J connectivity index is 1.31. The molecule has 9 heteroatoms. The van der Waals surface area contributed by atoms with E-state index in [2.05, 4.69) is 5.32 Å². The minimum Gasteiger partial charge on any atom is -0.474 e. The van der Waals surface area contributed by atoms with Crippen molar-refractivity contribution in [2.75, 3.05) is 13.1 Å². The van der Waals surface area contributed by atoms with Crippen molar-refractivity contribution in [1.29, 1.82) is 0 Å². The lowest BCUT2D eigenvalue weighted by Gasteiger charge is -2.28. The first kappa shape index (κ1) is 28.4. The average Bonchev–Trinajstić information content (AvgIpc) is 3.33. The predicted octanol–water partition coefficient (Wildman–Crippen LogP) is 6.29. The summed E-state index contributed by atoms with van der Waals surface area (Å²) in [6.45, 7) is 10.6. The van der Waals surface area contributed by atoms with E-state index in [-0.39, 0.29) is 36.5 Å². The molecule has 41 heavy (non-hydrogen) atoms. The van der Waals surface area contributed by atoms with Crippen molar-refractivity contribution in [2.45, 2.75) is 58.5 Å². The number of aromatic nitrogens is 1. The molecule has 1 saturated heterocycles. The first-order valence-corrected chi connectivity index (χ1v) is 13.8. The maximum atomic E-state index is 13.6. The first-order chi connectivity index (χ1) is 19.4. The molecule has 2 heterocycles. The van der Waals surface area contributed by atoms with Gasteiger partial charge in [0.25, 0.3) is 0 Å². The van der Waals surface area contributed by atoms with E-state index < -0.39 is 17.2 Å². The van der Waals surface area contributed by atoms with Gasteiger partial charge in [-0.1, -0.05) is 30.3 Å². The molecule has 2 amide bonds. The molecular weight excluding hydrogens is 525 g/mol. The number of halogens is 1. The zero-order valence-electron chi connectivity index (χ0n) is 24.0. The van der Waals surface area contributed by atoms with E-state index in [1.165, 1.54) is 12.1 Å². The smallest absolute Gasteiger partial charge is 0.410 e. The number of carbonyl (C=O) groups excluding carboxylic acids is 2. The van der Waals surface area contributed by atoms with E-state index in [9.17, 15) is 14.0 Å². The fourth-order valence-electron chi connectivity index (χ4n) is 5.04. The Bertz CT molecular complexity index is 1390. The second kappa shape index (κ2) is 11.0. The minimum atomic E-state index is -0.837. The number of benzene rings is 2. The largest absolute Gasteiger partial charge is 0.474 e. The highest BCUT2D eigenvalue weighted by Crippen LogP contribution is 2.48. The second-order valence-corrected chi connectivity index (χ2v) is 12.2. The van der Waals surface area contributed by atoms with Crippen LogP contribution in [0.15, 0.2) is 66.7 Å². The van der Waals surface area contributed by atoms with Gasteiger partial charge in [0, 0.05) is 36.6 Å². The Hall–Kier alpha value is -4.14. The molecule has 1 aromatic heterocycles. The zero-order valence-corrected chi connectivity index (χ0v) is 24.0. The van der Waals surface area contributed by atoms with Gasteiger partial charge >= 0.3 is 12.2 Å². The van der Waals surface area contributed by atoms with Gasteiger partial charge in [0.1, 0.15) is 24.1 Å². The molecule has 2 aromatic carbocycles. The highest BCUT2D eigenvalue weighted by molar-refractivity contribution is 5.70.